The van der Waals surface area contributed by atoms with Crippen molar-refractivity contribution in [3.8, 4) is 0 Å². The average molecular weight is 188 g/mol. The molecule has 0 unspecified atom stereocenters. The summed E-state index contributed by atoms with van der Waals surface area (Å²) in [4.78, 5) is 0. The summed E-state index contributed by atoms with van der Waals surface area (Å²) >= 11 is -0.458. The summed E-state index contributed by atoms with van der Waals surface area (Å²) in [5.74, 6) is 0. The van der Waals surface area contributed by atoms with Gasteiger partial charge in [0.1, 0.15) is 0 Å². The van der Waals surface area contributed by atoms with E-state index < -0.39 is 14.3 Å². The van der Waals surface area contributed by atoms with Gasteiger partial charge in [0.25, 0.3) is 0 Å². The molecule has 0 heterocycles. The Morgan fingerprint density at radius 1 is 0.889 bits per heavy atom. The maximum atomic E-state index is 2.38. The van der Waals surface area contributed by atoms with Crippen molar-refractivity contribution >= 4 is 14.3 Å². The van der Waals surface area contributed by atoms with Crippen molar-refractivity contribution in [3.05, 3.63) is 0 Å². The van der Waals surface area contributed by atoms with Crippen LogP contribution in [0.5, 0.6) is 0 Å². The minimum atomic E-state index is -0.458. The summed E-state index contributed by atoms with van der Waals surface area (Å²) in [6.07, 6.45) is 2.87. The van der Waals surface area contributed by atoms with Gasteiger partial charge >= 0.3 is 63.7 Å². The van der Waals surface area contributed by atoms with Crippen molar-refractivity contribution in [2.24, 2.45) is 0 Å². The second-order valence-corrected chi connectivity index (χ2v) is 9.33. The van der Waals surface area contributed by atoms with Crippen molar-refractivity contribution in [2.75, 3.05) is 0 Å². The summed E-state index contributed by atoms with van der Waals surface area (Å²) in [5.41, 5.74) is 0. The third kappa shape index (κ3) is 5.01. The zero-order valence-electron chi connectivity index (χ0n) is 7.04. The fourth-order valence-electron chi connectivity index (χ4n) is 1.19. The van der Waals surface area contributed by atoms with E-state index in [9.17, 15) is 0 Å². The maximum absolute atomic E-state index is 2.38. The van der Waals surface area contributed by atoms with Gasteiger partial charge in [0.15, 0.2) is 0 Å². The van der Waals surface area contributed by atoms with Crippen LogP contribution in [0.4, 0.5) is 0 Å². The molecule has 0 aromatic rings. The van der Waals surface area contributed by atoms with E-state index in [1.54, 1.807) is 15.8 Å². The zero-order valence-corrected chi connectivity index (χ0v) is 9.13. The normalized spacial score (nSPS) is 10.7. The van der Waals surface area contributed by atoms with Crippen molar-refractivity contribution in [3.63, 3.8) is 0 Å². The molecule has 0 saturated carbocycles. The molecule has 0 aromatic carbocycles. The second kappa shape index (κ2) is 6.66. The molecule has 0 N–H and O–H groups in total. The van der Waals surface area contributed by atoms with Crippen LogP contribution >= 0.6 is 0 Å². The Bertz CT molecular complexity index is 46.5. The van der Waals surface area contributed by atoms with E-state index in [0.717, 1.165) is 0 Å². The first kappa shape index (κ1) is 9.54. The van der Waals surface area contributed by atoms with Crippen LogP contribution in [0.15, 0.2) is 0 Å². The molecule has 0 nitrogen and oxygen atoms in total. The summed E-state index contributed by atoms with van der Waals surface area (Å²) in [6.45, 7) is 7.01. The first-order valence-corrected chi connectivity index (χ1v) is 8.63. The average Bonchev–Trinajstić information content (AvgIpc) is 1.88. The standard InChI is InChI=1S/C8H19Ge/c1-4-7-9(6-3)8-5-2/h4-8H2,1-3H3. The Morgan fingerprint density at radius 3 is 1.56 bits per heavy atom. The predicted octanol–water partition coefficient (Wildman–Crippen LogP) is 3.32. The molecule has 0 saturated heterocycles. The summed E-state index contributed by atoms with van der Waals surface area (Å²) in [6, 6.07) is 0. The molecule has 0 aliphatic rings. The van der Waals surface area contributed by atoms with Gasteiger partial charge in [0, 0.05) is 0 Å². The zero-order chi connectivity index (χ0) is 7.11. The number of rotatable bonds is 5. The van der Waals surface area contributed by atoms with E-state index >= 15 is 0 Å². The van der Waals surface area contributed by atoms with Gasteiger partial charge in [-0.05, 0) is 0 Å². The Labute approximate surface area is 64.1 Å². The van der Waals surface area contributed by atoms with E-state index in [1.807, 2.05) is 0 Å². The molecular weight excluding hydrogens is 169 g/mol. The van der Waals surface area contributed by atoms with Crippen LogP contribution < -0.4 is 0 Å². The van der Waals surface area contributed by atoms with E-state index in [-0.39, 0.29) is 0 Å². The molecule has 0 atom stereocenters. The van der Waals surface area contributed by atoms with Gasteiger partial charge in [-0.3, -0.25) is 0 Å². The molecule has 0 amide bonds. The van der Waals surface area contributed by atoms with Crippen LogP contribution in [0, 0.1) is 0 Å². The number of hydrogen-bond donors (Lipinski definition) is 0. The molecule has 1 heteroatoms. The van der Waals surface area contributed by atoms with Crippen molar-refractivity contribution in [2.45, 2.75) is 49.4 Å². The van der Waals surface area contributed by atoms with Gasteiger partial charge in [-0.15, -0.1) is 0 Å². The summed E-state index contributed by atoms with van der Waals surface area (Å²) in [7, 11) is 0. The molecule has 9 heavy (non-hydrogen) atoms. The molecular formula is C8H19Ge. The molecule has 0 aliphatic carbocycles. The Balaban J connectivity index is 3.18. The fourth-order valence-corrected chi connectivity index (χ4v) is 6.16. The van der Waals surface area contributed by atoms with Crippen LogP contribution in [0.3, 0.4) is 0 Å². The first-order valence-electron chi connectivity index (χ1n) is 4.18. The molecule has 0 rings (SSSR count). The second-order valence-electron chi connectivity index (χ2n) is 2.60. The molecule has 0 aromatic heterocycles. The van der Waals surface area contributed by atoms with Crippen LogP contribution in [0.25, 0.3) is 0 Å². The molecule has 0 bridgehead atoms. The molecule has 0 spiro atoms. The van der Waals surface area contributed by atoms with E-state index in [4.69, 9.17) is 0 Å². The van der Waals surface area contributed by atoms with Gasteiger partial charge in [-0.25, -0.2) is 0 Å². The monoisotopic (exact) mass is 189 g/mol. The Kier molecular flexibility index (Phi) is 7.06. The van der Waals surface area contributed by atoms with E-state index in [0.29, 0.717) is 0 Å². The van der Waals surface area contributed by atoms with Crippen LogP contribution in [0.1, 0.15) is 33.6 Å². The Morgan fingerprint density at radius 2 is 1.33 bits per heavy atom. The third-order valence-corrected chi connectivity index (χ3v) is 8.87. The Hall–Kier alpha value is 0.543. The van der Waals surface area contributed by atoms with Gasteiger partial charge in [-0.2, -0.15) is 0 Å². The minimum absolute atomic E-state index is 0.458. The number of hydrogen-bond acceptors (Lipinski definition) is 0. The summed E-state index contributed by atoms with van der Waals surface area (Å²) in [5, 5.41) is 4.75. The third-order valence-electron chi connectivity index (χ3n) is 1.71. The van der Waals surface area contributed by atoms with E-state index in [2.05, 4.69) is 20.8 Å². The predicted molar refractivity (Wildman–Crippen MR) is 46.4 cm³/mol. The van der Waals surface area contributed by atoms with Crippen LogP contribution in [0.2, 0.25) is 15.8 Å². The molecule has 0 fully saturated rings. The van der Waals surface area contributed by atoms with Gasteiger partial charge in [0.2, 0.25) is 0 Å². The molecule has 0 aliphatic heterocycles. The van der Waals surface area contributed by atoms with Crippen LogP contribution in [-0.4, -0.2) is 14.3 Å². The quantitative estimate of drug-likeness (QED) is 0.580. The first-order chi connectivity index (χ1) is 4.35. The summed E-state index contributed by atoms with van der Waals surface area (Å²) < 4.78 is 0. The topological polar surface area (TPSA) is 0 Å². The van der Waals surface area contributed by atoms with Gasteiger partial charge in [0.05, 0.1) is 0 Å². The molecule has 55 valence electrons. The van der Waals surface area contributed by atoms with Gasteiger partial charge < -0.3 is 0 Å². The van der Waals surface area contributed by atoms with Crippen LogP contribution in [-0.2, 0) is 0 Å². The van der Waals surface area contributed by atoms with Crippen molar-refractivity contribution < 1.29 is 0 Å². The van der Waals surface area contributed by atoms with E-state index in [1.165, 1.54) is 12.8 Å². The SMILES string of the molecule is CC[CH2][Ge]([CH2]C)[CH2]CC. The van der Waals surface area contributed by atoms with Crippen molar-refractivity contribution in [1.82, 2.24) is 0 Å². The van der Waals surface area contributed by atoms with Gasteiger partial charge in [-0.1, -0.05) is 0 Å². The van der Waals surface area contributed by atoms with Crippen molar-refractivity contribution in [1.29, 1.82) is 0 Å². The molecule has 1 radical (unpaired) electrons. The fraction of sp³-hybridized carbons (Fsp3) is 1.00.